The second kappa shape index (κ2) is 8.62. The molecular formula is C22H24N4O5S. The third kappa shape index (κ3) is 4.05. The number of amides is 2. The monoisotopic (exact) mass is 456 g/mol. The molecule has 0 unspecified atom stereocenters. The van der Waals surface area contributed by atoms with Crippen LogP contribution in [0.3, 0.4) is 0 Å². The normalized spacial score (nSPS) is 14.4. The van der Waals surface area contributed by atoms with Crippen molar-refractivity contribution in [1.29, 1.82) is 0 Å². The van der Waals surface area contributed by atoms with Gasteiger partial charge in [-0.2, -0.15) is 0 Å². The Morgan fingerprint density at radius 2 is 1.75 bits per heavy atom. The zero-order valence-electron chi connectivity index (χ0n) is 17.8. The second-order valence-electron chi connectivity index (χ2n) is 8.03. The number of phenolic OH excluding ortho intramolecular Hbond substituents is 1. The predicted octanol–water partition coefficient (Wildman–Crippen LogP) is 2.32. The van der Waals surface area contributed by atoms with Crippen molar-refractivity contribution in [3.8, 4) is 5.75 Å². The molecule has 1 aliphatic rings. The van der Waals surface area contributed by atoms with E-state index in [4.69, 9.17) is 0 Å². The molecule has 1 aliphatic carbocycles. The minimum absolute atomic E-state index is 0.117. The van der Waals surface area contributed by atoms with Crippen LogP contribution in [-0.2, 0) is 14.1 Å². The molecule has 0 atom stereocenters. The van der Waals surface area contributed by atoms with Crippen molar-refractivity contribution >= 4 is 39.1 Å². The summed E-state index contributed by atoms with van der Waals surface area (Å²) in [6.07, 6.45) is 5.21. The summed E-state index contributed by atoms with van der Waals surface area (Å²) in [5, 5.41) is 16.2. The summed E-state index contributed by atoms with van der Waals surface area (Å²) in [4.78, 5) is 50.3. The molecule has 0 spiro atoms. The van der Waals surface area contributed by atoms with E-state index in [9.17, 15) is 24.3 Å². The van der Waals surface area contributed by atoms with E-state index in [-0.39, 0.29) is 33.5 Å². The standard InChI is InChI=1S/C22H24N4O5S/c1-25-20(30)15-11-17(32-21(15)26(2)22(25)31)19(29)24-13-8-9-14(16(27)10-13)18(28)23-12-6-4-3-5-7-12/h8-12,27H,3-7H2,1-2H3,(H,23,28)(H,24,29). The van der Waals surface area contributed by atoms with E-state index < -0.39 is 17.2 Å². The summed E-state index contributed by atoms with van der Waals surface area (Å²) in [6, 6.07) is 5.88. The van der Waals surface area contributed by atoms with Gasteiger partial charge in [0.25, 0.3) is 17.4 Å². The Balaban J connectivity index is 1.52. The van der Waals surface area contributed by atoms with E-state index in [1.54, 1.807) is 0 Å². The lowest BCUT2D eigenvalue weighted by Crippen LogP contribution is -2.36. The number of aryl methyl sites for hydroxylation is 1. The summed E-state index contributed by atoms with van der Waals surface area (Å²) in [5.74, 6) is -1.06. The Bertz CT molecular complexity index is 1330. The summed E-state index contributed by atoms with van der Waals surface area (Å²) >= 11 is 1.03. The van der Waals surface area contributed by atoms with Crippen LogP contribution in [0, 0.1) is 0 Å². The highest BCUT2D eigenvalue weighted by molar-refractivity contribution is 7.20. The Labute approximate surface area is 187 Å². The van der Waals surface area contributed by atoms with Crippen LogP contribution in [0.5, 0.6) is 5.75 Å². The first-order valence-corrected chi connectivity index (χ1v) is 11.2. The van der Waals surface area contributed by atoms with Crippen LogP contribution >= 0.6 is 11.3 Å². The minimum atomic E-state index is -0.487. The molecule has 9 nitrogen and oxygen atoms in total. The zero-order valence-corrected chi connectivity index (χ0v) is 18.6. The van der Waals surface area contributed by atoms with Gasteiger partial charge in [0, 0.05) is 31.9 Å². The average Bonchev–Trinajstić information content (AvgIpc) is 3.23. The Morgan fingerprint density at radius 3 is 2.44 bits per heavy atom. The predicted molar refractivity (Wildman–Crippen MR) is 123 cm³/mol. The third-order valence-electron chi connectivity index (χ3n) is 5.79. The maximum atomic E-state index is 12.7. The van der Waals surface area contributed by atoms with Crippen LogP contribution in [0.25, 0.3) is 10.2 Å². The maximum absolute atomic E-state index is 12.7. The first-order chi connectivity index (χ1) is 15.3. The van der Waals surface area contributed by atoms with Gasteiger partial charge in [0.1, 0.15) is 10.6 Å². The number of hydrogen-bond donors (Lipinski definition) is 3. The molecule has 32 heavy (non-hydrogen) atoms. The molecule has 3 aromatic rings. The molecule has 4 rings (SSSR count). The highest BCUT2D eigenvalue weighted by Gasteiger charge is 2.20. The van der Waals surface area contributed by atoms with Gasteiger partial charge < -0.3 is 15.7 Å². The molecule has 1 fully saturated rings. The summed E-state index contributed by atoms with van der Waals surface area (Å²) in [7, 11) is 2.92. The fourth-order valence-electron chi connectivity index (χ4n) is 3.98. The molecule has 2 heterocycles. The van der Waals surface area contributed by atoms with Gasteiger partial charge in [-0.05, 0) is 31.0 Å². The van der Waals surface area contributed by atoms with E-state index in [1.807, 2.05) is 0 Å². The van der Waals surface area contributed by atoms with E-state index in [1.165, 1.54) is 49.3 Å². The molecule has 10 heteroatoms. The molecule has 3 N–H and O–H groups in total. The van der Waals surface area contributed by atoms with Crippen LogP contribution in [-0.4, -0.2) is 32.1 Å². The molecule has 2 aromatic heterocycles. The molecule has 0 aliphatic heterocycles. The highest BCUT2D eigenvalue weighted by atomic mass is 32.1. The first-order valence-electron chi connectivity index (χ1n) is 10.4. The third-order valence-corrected chi connectivity index (χ3v) is 7.00. The van der Waals surface area contributed by atoms with Crippen LogP contribution in [0.2, 0.25) is 0 Å². The number of anilines is 1. The largest absolute Gasteiger partial charge is 0.507 e. The lowest BCUT2D eigenvalue weighted by molar-refractivity contribution is 0.0924. The molecule has 0 bridgehead atoms. The number of nitrogens with one attached hydrogen (secondary N) is 2. The van der Waals surface area contributed by atoms with E-state index in [0.29, 0.717) is 10.5 Å². The van der Waals surface area contributed by atoms with Crippen molar-refractivity contribution in [2.75, 3.05) is 5.32 Å². The van der Waals surface area contributed by atoms with Crippen molar-refractivity contribution in [1.82, 2.24) is 14.5 Å². The summed E-state index contributed by atoms with van der Waals surface area (Å²) < 4.78 is 2.32. The summed E-state index contributed by atoms with van der Waals surface area (Å²) in [6.45, 7) is 0. The number of hydrogen-bond acceptors (Lipinski definition) is 6. The van der Waals surface area contributed by atoms with Crippen molar-refractivity contribution in [3.63, 3.8) is 0 Å². The number of fused-ring (bicyclic) bond motifs is 1. The second-order valence-corrected chi connectivity index (χ2v) is 9.06. The topological polar surface area (TPSA) is 122 Å². The quantitative estimate of drug-likeness (QED) is 0.556. The summed E-state index contributed by atoms with van der Waals surface area (Å²) in [5.41, 5.74) is -0.484. The molecule has 168 valence electrons. The van der Waals surface area contributed by atoms with E-state index >= 15 is 0 Å². The lowest BCUT2D eigenvalue weighted by Gasteiger charge is -2.23. The molecule has 1 aromatic carbocycles. The maximum Gasteiger partial charge on any atom is 0.331 e. The van der Waals surface area contributed by atoms with Crippen LogP contribution < -0.4 is 21.9 Å². The van der Waals surface area contributed by atoms with E-state index in [0.717, 1.165) is 41.6 Å². The smallest absolute Gasteiger partial charge is 0.331 e. The highest BCUT2D eigenvalue weighted by Crippen LogP contribution is 2.26. The van der Waals surface area contributed by atoms with Gasteiger partial charge in [-0.1, -0.05) is 19.3 Å². The number of thiophene rings is 1. The SMILES string of the molecule is Cn1c(=O)c2cc(C(=O)Nc3ccc(C(=O)NC4CCCCC4)c(O)c3)sc2n(C)c1=O. The Hall–Kier alpha value is -3.40. The number of phenols is 1. The van der Waals surface area contributed by atoms with Crippen molar-refractivity contribution in [2.24, 2.45) is 14.1 Å². The van der Waals surface area contributed by atoms with Gasteiger partial charge in [-0.25, -0.2) is 4.79 Å². The number of carbonyl (C=O) groups excluding carboxylic acids is 2. The van der Waals surface area contributed by atoms with Gasteiger partial charge in [0.05, 0.1) is 15.8 Å². The molecule has 2 amide bonds. The average molecular weight is 457 g/mol. The number of nitrogens with zero attached hydrogens (tertiary/aromatic N) is 2. The number of benzene rings is 1. The van der Waals surface area contributed by atoms with Crippen molar-refractivity contribution in [2.45, 2.75) is 38.1 Å². The van der Waals surface area contributed by atoms with E-state index in [2.05, 4.69) is 10.6 Å². The minimum Gasteiger partial charge on any atom is -0.507 e. The van der Waals surface area contributed by atoms with Gasteiger partial charge in [0.2, 0.25) is 0 Å². The zero-order chi connectivity index (χ0) is 23.0. The Kier molecular flexibility index (Phi) is 5.88. The Morgan fingerprint density at radius 1 is 1.03 bits per heavy atom. The van der Waals surface area contributed by atoms with Gasteiger partial charge in [0.15, 0.2) is 0 Å². The first kappa shape index (κ1) is 21.8. The number of rotatable bonds is 4. The number of aromatic hydroxyl groups is 1. The number of aromatic nitrogens is 2. The molecule has 0 radical (unpaired) electrons. The fraction of sp³-hybridized carbons (Fsp3) is 0.364. The lowest BCUT2D eigenvalue weighted by atomic mass is 9.95. The molecular weight excluding hydrogens is 432 g/mol. The van der Waals surface area contributed by atoms with Crippen LogP contribution in [0.1, 0.15) is 52.1 Å². The van der Waals surface area contributed by atoms with Gasteiger partial charge >= 0.3 is 5.69 Å². The van der Waals surface area contributed by atoms with Gasteiger partial charge in [-0.15, -0.1) is 11.3 Å². The fourth-order valence-corrected chi connectivity index (χ4v) is 4.98. The van der Waals surface area contributed by atoms with Crippen molar-refractivity contribution in [3.05, 3.63) is 55.5 Å². The van der Waals surface area contributed by atoms with Crippen LogP contribution in [0.15, 0.2) is 33.9 Å². The van der Waals surface area contributed by atoms with Gasteiger partial charge in [-0.3, -0.25) is 23.5 Å². The molecule has 0 saturated heterocycles. The number of carbonyl (C=O) groups is 2. The molecule has 1 saturated carbocycles. The van der Waals surface area contributed by atoms with Crippen molar-refractivity contribution < 1.29 is 14.7 Å². The van der Waals surface area contributed by atoms with Crippen LogP contribution in [0.4, 0.5) is 5.69 Å².